The fourth-order valence-electron chi connectivity index (χ4n) is 2.54. The standard InChI is InChI=1S/C14H19N3O2S/c1-11(16)13-6-4-8-17(10-13)20(18,19)14-7-3-2-5-12(14)9-15/h2-3,5,7,11,13H,4,6,8,10,16H2,1H3. The Bertz CT molecular complexity index is 620. The number of hydrogen-bond donors (Lipinski definition) is 1. The van der Waals surface area contributed by atoms with Crippen molar-refractivity contribution in [3.63, 3.8) is 0 Å². The first-order chi connectivity index (χ1) is 9.46. The third-order valence-corrected chi connectivity index (χ3v) is 5.71. The summed E-state index contributed by atoms with van der Waals surface area (Å²) in [6.45, 7) is 2.83. The predicted molar refractivity (Wildman–Crippen MR) is 76.3 cm³/mol. The van der Waals surface area contributed by atoms with Crippen molar-refractivity contribution in [1.29, 1.82) is 5.26 Å². The van der Waals surface area contributed by atoms with Gasteiger partial charge in [0.05, 0.1) is 10.5 Å². The SMILES string of the molecule is CC(N)C1CCCN(S(=O)(=O)c2ccccc2C#N)C1. The Kier molecular flexibility index (Phi) is 4.43. The third-order valence-electron chi connectivity index (χ3n) is 3.79. The number of rotatable bonds is 3. The smallest absolute Gasteiger partial charge is 0.244 e. The van der Waals surface area contributed by atoms with Gasteiger partial charge in [-0.2, -0.15) is 9.57 Å². The number of piperidine rings is 1. The highest BCUT2D eigenvalue weighted by Crippen LogP contribution is 2.26. The van der Waals surface area contributed by atoms with Crippen LogP contribution in [0.3, 0.4) is 0 Å². The van der Waals surface area contributed by atoms with Gasteiger partial charge in [0.25, 0.3) is 0 Å². The fourth-order valence-corrected chi connectivity index (χ4v) is 4.22. The molecule has 0 amide bonds. The maximum atomic E-state index is 12.7. The van der Waals surface area contributed by atoms with Gasteiger partial charge in [-0.3, -0.25) is 0 Å². The van der Waals surface area contributed by atoms with E-state index in [9.17, 15) is 8.42 Å². The summed E-state index contributed by atoms with van der Waals surface area (Å²) in [5.74, 6) is 0.174. The quantitative estimate of drug-likeness (QED) is 0.910. The molecule has 2 rings (SSSR count). The zero-order valence-corrected chi connectivity index (χ0v) is 12.3. The normalized spacial score (nSPS) is 22.1. The van der Waals surface area contributed by atoms with E-state index in [4.69, 9.17) is 11.0 Å². The molecular formula is C14H19N3O2S. The van der Waals surface area contributed by atoms with E-state index in [-0.39, 0.29) is 22.4 Å². The van der Waals surface area contributed by atoms with Gasteiger partial charge in [-0.1, -0.05) is 12.1 Å². The van der Waals surface area contributed by atoms with E-state index in [1.165, 1.54) is 16.4 Å². The predicted octanol–water partition coefficient (Wildman–Crippen LogP) is 1.31. The number of hydrogen-bond acceptors (Lipinski definition) is 4. The van der Waals surface area contributed by atoms with Crippen LogP contribution in [0.15, 0.2) is 29.2 Å². The van der Waals surface area contributed by atoms with Crippen LogP contribution in [0, 0.1) is 17.2 Å². The molecule has 2 N–H and O–H groups in total. The first-order valence-corrected chi connectivity index (χ1v) is 8.15. The Labute approximate surface area is 120 Å². The summed E-state index contributed by atoms with van der Waals surface area (Å²) in [6, 6.07) is 8.24. The number of benzene rings is 1. The topological polar surface area (TPSA) is 87.2 Å². The molecule has 0 bridgehead atoms. The molecule has 2 unspecified atom stereocenters. The molecule has 1 fully saturated rings. The Morgan fingerprint density at radius 2 is 2.15 bits per heavy atom. The molecule has 5 nitrogen and oxygen atoms in total. The van der Waals surface area contributed by atoms with Crippen molar-refractivity contribution in [2.75, 3.05) is 13.1 Å². The van der Waals surface area contributed by atoms with E-state index >= 15 is 0 Å². The molecule has 0 aliphatic carbocycles. The van der Waals surface area contributed by atoms with Crippen LogP contribution in [-0.2, 0) is 10.0 Å². The molecular weight excluding hydrogens is 274 g/mol. The lowest BCUT2D eigenvalue weighted by Gasteiger charge is -2.33. The van der Waals surface area contributed by atoms with Gasteiger partial charge in [0.1, 0.15) is 6.07 Å². The minimum Gasteiger partial charge on any atom is -0.328 e. The van der Waals surface area contributed by atoms with Crippen molar-refractivity contribution in [2.45, 2.75) is 30.7 Å². The largest absolute Gasteiger partial charge is 0.328 e. The zero-order chi connectivity index (χ0) is 14.8. The Morgan fingerprint density at radius 1 is 1.45 bits per heavy atom. The number of nitriles is 1. The summed E-state index contributed by atoms with van der Waals surface area (Å²) in [5.41, 5.74) is 6.08. The second kappa shape index (κ2) is 5.92. The summed E-state index contributed by atoms with van der Waals surface area (Å²) < 4.78 is 26.8. The minimum absolute atomic E-state index is 0.0285. The van der Waals surface area contributed by atoms with Gasteiger partial charge in [-0.15, -0.1) is 0 Å². The Morgan fingerprint density at radius 3 is 2.80 bits per heavy atom. The Balaban J connectivity index is 2.33. The van der Waals surface area contributed by atoms with Crippen molar-refractivity contribution in [1.82, 2.24) is 4.31 Å². The lowest BCUT2D eigenvalue weighted by atomic mass is 9.93. The average molecular weight is 293 g/mol. The summed E-state index contributed by atoms with van der Waals surface area (Å²) in [5, 5.41) is 9.07. The zero-order valence-electron chi connectivity index (χ0n) is 11.5. The highest BCUT2D eigenvalue weighted by atomic mass is 32.2. The summed E-state index contributed by atoms with van der Waals surface area (Å²) in [7, 11) is -3.62. The molecule has 0 radical (unpaired) electrons. The van der Waals surface area contributed by atoms with Crippen LogP contribution in [0.4, 0.5) is 0 Å². The van der Waals surface area contributed by atoms with Crippen molar-refractivity contribution in [3.8, 4) is 6.07 Å². The van der Waals surface area contributed by atoms with Gasteiger partial charge in [-0.25, -0.2) is 8.42 Å². The van der Waals surface area contributed by atoms with Gasteiger partial charge in [-0.05, 0) is 37.8 Å². The molecule has 20 heavy (non-hydrogen) atoms. The molecule has 0 spiro atoms. The fraction of sp³-hybridized carbons (Fsp3) is 0.500. The van der Waals surface area contributed by atoms with Crippen molar-refractivity contribution in [2.24, 2.45) is 11.7 Å². The molecule has 1 saturated heterocycles. The maximum Gasteiger partial charge on any atom is 0.244 e. The monoisotopic (exact) mass is 293 g/mol. The molecule has 108 valence electrons. The van der Waals surface area contributed by atoms with Gasteiger partial charge in [0.2, 0.25) is 10.0 Å². The van der Waals surface area contributed by atoms with E-state index in [0.717, 1.165) is 12.8 Å². The summed E-state index contributed by atoms with van der Waals surface area (Å²) in [4.78, 5) is 0.0906. The number of nitrogens with zero attached hydrogens (tertiary/aromatic N) is 2. The second-order valence-electron chi connectivity index (χ2n) is 5.23. The molecule has 1 aromatic rings. The Hall–Kier alpha value is -1.42. The lowest BCUT2D eigenvalue weighted by Crippen LogP contribution is -2.45. The molecule has 1 aliphatic rings. The highest BCUT2D eigenvalue weighted by Gasteiger charge is 2.32. The van der Waals surface area contributed by atoms with Gasteiger partial charge < -0.3 is 5.73 Å². The molecule has 6 heteroatoms. The van der Waals surface area contributed by atoms with Gasteiger partial charge in [0.15, 0.2) is 0 Å². The van der Waals surface area contributed by atoms with Crippen LogP contribution in [-0.4, -0.2) is 31.9 Å². The number of sulfonamides is 1. The molecule has 1 heterocycles. The maximum absolute atomic E-state index is 12.7. The summed E-state index contributed by atoms with van der Waals surface area (Å²) >= 11 is 0. The van der Waals surface area contributed by atoms with Crippen LogP contribution in [0.1, 0.15) is 25.3 Å². The van der Waals surface area contributed by atoms with Gasteiger partial charge in [0, 0.05) is 19.1 Å². The average Bonchev–Trinajstić information content (AvgIpc) is 2.47. The number of nitrogens with two attached hydrogens (primary N) is 1. The van der Waals surface area contributed by atoms with E-state index in [1.807, 2.05) is 13.0 Å². The molecule has 2 atom stereocenters. The van der Waals surface area contributed by atoms with Crippen molar-refractivity contribution < 1.29 is 8.42 Å². The lowest BCUT2D eigenvalue weighted by molar-refractivity contribution is 0.243. The third kappa shape index (κ3) is 2.85. The van der Waals surface area contributed by atoms with E-state index in [1.54, 1.807) is 12.1 Å². The summed E-state index contributed by atoms with van der Waals surface area (Å²) in [6.07, 6.45) is 1.75. The first kappa shape index (κ1) is 15.0. The van der Waals surface area contributed by atoms with Crippen molar-refractivity contribution in [3.05, 3.63) is 29.8 Å². The van der Waals surface area contributed by atoms with Crippen LogP contribution < -0.4 is 5.73 Å². The molecule has 0 aromatic heterocycles. The molecule has 1 aromatic carbocycles. The second-order valence-corrected chi connectivity index (χ2v) is 7.14. The molecule has 0 saturated carbocycles. The van der Waals surface area contributed by atoms with E-state index in [0.29, 0.717) is 13.1 Å². The first-order valence-electron chi connectivity index (χ1n) is 6.71. The minimum atomic E-state index is -3.62. The van der Waals surface area contributed by atoms with Crippen LogP contribution in [0.5, 0.6) is 0 Å². The van der Waals surface area contributed by atoms with E-state index in [2.05, 4.69) is 0 Å². The van der Waals surface area contributed by atoms with Crippen LogP contribution >= 0.6 is 0 Å². The molecule has 1 aliphatic heterocycles. The van der Waals surface area contributed by atoms with Crippen LogP contribution in [0.25, 0.3) is 0 Å². The highest BCUT2D eigenvalue weighted by molar-refractivity contribution is 7.89. The van der Waals surface area contributed by atoms with E-state index < -0.39 is 10.0 Å². The van der Waals surface area contributed by atoms with Gasteiger partial charge >= 0.3 is 0 Å². The van der Waals surface area contributed by atoms with Crippen LogP contribution in [0.2, 0.25) is 0 Å². The van der Waals surface area contributed by atoms with Crippen molar-refractivity contribution >= 4 is 10.0 Å².